The number of aliphatic hydroxyl groups is 1. The van der Waals surface area contributed by atoms with E-state index in [-0.39, 0.29) is 40.5 Å². The Kier molecular flexibility index (Phi) is 7.19. The Bertz CT molecular complexity index is 1160. The number of nitrogens with zero attached hydrogens (tertiary/aromatic N) is 1. The van der Waals surface area contributed by atoms with Crippen molar-refractivity contribution in [3.63, 3.8) is 0 Å². The molecule has 3 aromatic rings. The Balaban J connectivity index is 1.85. The monoisotopic (exact) mass is 492 g/mol. The lowest BCUT2D eigenvalue weighted by Crippen LogP contribution is -2.25. The van der Waals surface area contributed by atoms with E-state index in [2.05, 4.69) is 21.2 Å². The highest BCUT2D eigenvalue weighted by Crippen LogP contribution is 2.25. The summed E-state index contributed by atoms with van der Waals surface area (Å²) in [4.78, 5) is 24.5. The molecule has 0 aliphatic rings. The quantitative estimate of drug-likeness (QED) is 0.529. The van der Waals surface area contributed by atoms with Gasteiger partial charge in [-0.05, 0) is 45.8 Å². The summed E-state index contributed by atoms with van der Waals surface area (Å²) >= 11 is 3.20. The third-order valence-electron chi connectivity index (χ3n) is 4.64. The fraction of sp³-hybridized carbons (Fsp3) is 0.182. The van der Waals surface area contributed by atoms with Gasteiger partial charge in [0.1, 0.15) is 28.5 Å². The van der Waals surface area contributed by atoms with Crippen LogP contribution in [0.4, 0.5) is 8.78 Å². The van der Waals surface area contributed by atoms with E-state index in [1.54, 1.807) is 24.3 Å². The maximum Gasteiger partial charge on any atom is 0.269 e. The number of amides is 1. The summed E-state index contributed by atoms with van der Waals surface area (Å²) in [6.07, 6.45) is 0. The zero-order chi connectivity index (χ0) is 22.5. The lowest BCUT2D eigenvalue weighted by atomic mass is 10.1. The highest BCUT2D eigenvalue weighted by molar-refractivity contribution is 9.10. The van der Waals surface area contributed by atoms with Crippen LogP contribution in [0.1, 0.15) is 27.2 Å². The van der Waals surface area contributed by atoms with E-state index >= 15 is 0 Å². The van der Waals surface area contributed by atoms with Gasteiger partial charge in [-0.25, -0.2) is 8.78 Å². The first-order valence-electron chi connectivity index (χ1n) is 9.25. The normalized spacial score (nSPS) is 10.7. The number of carbonyl (C=O) groups is 1. The van der Waals surface area contributed by atoms with E-state index in [0.29, 0.717) is 5.56 Å². The van der Waals surface area contributed by atoms with Crippen LogP contribution in [0.2, 0.25) is 0 Å². The van der Waals surface area contributed by atoms with Crippen molar-refractivity contribution in [1.29, 1.82) is 0 Å². The number of carbonyl (C=O) groups excluding carboxylic acids is 1. The molecule has 162 valence electrons. The summed E-state index contributed by atoms with van der Waals surface area (Å²) in [5.74, 6) is -1.55. The number of ether oxygens (including phenoxy) is 1. The molecule has 0 radical (unpaired) electrons. The molecule has 0 aliphatic heterocycles. The average molecular weight is 493 g/mol. The zero-order valence-electron chi connectivity index (χ0n) is 16.5. The second-order valence-corrected chi connectivity index (χ2v) is 7.46. The summed E-state index contributed by atoms with van der Waals surface area (Å²) in [5, 5.41) is 12.3. The van der Waals surface area contributed by atoms with Gasteiger partial charge in [-0.3, -0.25) is 9.59 Å². The Morgan fingerprint density at radius 1 is 1.16 bits per heavy atom. The summed E-state index contributed by atoms with van der Waals surface area (Å²) < 4.78 is 33.9. The smallest absolute Gasteiger partial charge is 0.269 e. The molecule has 9 heteroatoms. The van der Waals surface area contributed by atoms with E-state index in [4.69, 9.17) is 4.74 Å². The molecule has 2 aromatic carbocycles. The SMILES string of the molecule is CNC(=O)c1ccc(Cn2c(CO)cc(OCc3ccc(F)cc3F)c(Br)c2=O)cc1. The average Bonchev–Trinajstić information content (AvgIpc) is 2.77. The molecule has 0 atom stereocenters. The van der Waals surface area contributed by atoms with Crippen molar-refractivity contribution in [2.45, 2.75) is 19.8 Å². The molecular formula is C22H19BrF2N2O4. The minimum atomic E-state index is -0.757. The van der Waals surface area contributed by atoms with Gasteiger partial charge in [0.15, 0.2) is 0 Å². The molecule has 6 nitrogen and oxygen atoms in total. The van der Waals surface area contributed by atoms with Gasteiger partial charge in [0.05, 0.1) is 18.8 Å². The third kappa shape index (κ3) is 5.18. The van der Waals surface area contributed by atoms with Crippen LogP contribution in [-0.4, -0.2) is 22.6 Å². The number of aromatic nitrogens is 1. The number of halogens is 3. The van der Waals surface area contributed by atoms with Crippen LogP contribution in [-0.2, 0) is 19.8 Å². The third-order valence-corrected chi connectivity index (χ3v) is 5.37. The predicted octanol–water partition coefficient (Wildman–Crippen LogP) is 3.37. The van der Waals surface area contributed by atoms with Gasteiger partial charge in [-0.1, -0.05) is 12.1 Å². The van der Waals surface area contributed by atoms with E-state index in [9.17, 15) is 23.5 Å². The number of aliphatic hydroxyl groups excluding tert-OH is 1. The first-order chi connectivity index (χ1) is 14.8. The van der Waals surface area contributed by atoms with E-state index < -0.39 is 23.8 Å². The summed E-state index contributed by atoms with van der Waals surface area (Å²) in [5.41, 5.74) is 1.20. The molecular weight excluding hydrogens is 474 g/mol. The molecule has 0 aliphatic carbocycles. The van der Waals surface area contributed by atoms with E-state index in [0.717, 1.165) is 17.7 Å². The van der Waals surface area contributed by atoms with Crippen molar-refractivity contribution in [1.82, 2.24) is 9.88 Å². The van der Waals surface area contributed by atoms with Crippen LogP contribution in [0.5, 0.6) is 5.75 Å². The molecule has 0 saturated carbocycles. The van der Waals surface area contributed by atoms with Crippen LogP contribution in [0.25, 0.3) is 0 Å². The number of hydrogen-bond acceptors (Lipinski definition) is 4. The Morgan fingerprint density at radius 2 is 1.87 bits per heavy atom. The lowest BCUT2D eigenvalue weighted by molar-refractivity contribution is 0.0963. The minimum Gasteiger partial charge on any atom is -0.487 e. The second kappa shape index (κ2) is 9.84. The minimum absolute atomic E-state index is 0.106. The maximum atomic E-state index is 13.8. The highest BCUT2D eigenvalue weighted by atomic mass is 79.9. The summed E-state index contributed by atoms with van der Waals surface area (Å²) in [6, 6.07) is 11.3. The lowest BCUT2D eigenvalue weighted by Gasteiger charge is -2.16. The number of pyridine rings is 1. The Hall–Kier alpha value is -3.04. The zero-order valence-corrected chi connectivity index (χ0v) is 18.1. The Morgan fingerprint density at radius 3 is 2.48 bits per heavy atom. The molecule has 31 heavy (non-hydrogen) atoms. The van der Waals surface area contributed by atoms with Gasteiger partial charge >= 0.3 is 0 Å². The summed E-state index contributed by atoms with van der Waals surface area (Å²) in [6.45, 7) is -0.492. The van der Waals surface area contributed by atoms with Gasteiger partial charge in [0.2, 0.25) is 0 Å². The molecule has 0 saturated heterocycles. The van der Waals surface area contributed by atoms with Crippen molar-refractivity contribution in [3.8, 4) is 5.75 Å². The molecule has 0 spiro atoms. The van der Waals surface area contributed by atoms with Gasteiger partial charge in [0.25, 0.3) is 11.5 Å². The van der Waals surface area contributed by atoms with Crippen molar-refractivity contribution >= 4 is 21.8 Å². The number of nitrogens with one attached hydrogen (secondary N) is 1. The van der Waals surface area contributed by atoms with Crippen molar-refractivity contribution in [2.75, 3.05) is 7.05 Å². The van der Waals surface area contributed by atoms with Gasteiger partial charge in [-0.2, -0.15) is 0 Å². The van der Waals surface area contributed by atoms with Crippen molar-refractivity contribution in [3.05, 3.63) is 97.4 Å². The summed E-state index contributed by atoms with van der Waals surface area (Å²) in [7, 11) is 1.54. The number of rotatable bonds is 7. The topological polar surface area (TPSA) is 80.6 Å². The molecule has 0 bridgehead atoms. The Labute approximate surface area is 185 Å². The standard InChI is InChI=1S/C22H19BrF2N2O4/c1-26-21(29)14-4-2-13(3-5-14)10-27-17(11-28)9-19(20(23)22(27)30)31-12-15-6-7-16(24)8-18(15)25/h2-9,28H,10-12H2,1H3,(H,26,29). The van der Waals surface area contributed by atoms with Crippen LogP contribution in [0, 0.1) is 11.6 Å². The molecule has 2 N–H and O–H groups in total. The molecule has 0 fully saturated rings. The van der Waals surface area contributed by atoms with Crippen molar-refractivity contribution in [2.24, 2.45) is 0 Å². The first-order valence-corrected chi connectivity index (χ1v) is 10.0. The van der Waals surface area contributed by atoms with Crippen LogP contribution in [0.3, 0.4) is 0 Å². The molecule has 1 amide bonds. The van der Waals surface area contributed by atoms with Gasteiger partial charge in [-0.15, -0.1) is 0 Å². The van der Waals surface area contributed by atoms with Gasteiger partial charge in [0, 0.05) is 30.3 Å². The van der Waals surface area contributed by atoms with E-state index in [1.807, 2.05) is 0 Å². The van der Waals surface area contributed by atoms with Crippen molar-refractivity contribution < 1.29 is 23.4 Å². The van der Waals surface area contributed by atoms with Crippen LogP contribution < -0.4 is 15.6 Å². The molecule has 1 aromatic heterocycles. The highest BCUT2D eigenvalue weighted by Gasteiger charge is 2.15. The molecule has 0 unspecified atom stereocenters. The fourth-order valence-corrected chi connectivity index (χ4v) is 3.38. The fourth-order valence-electron chi connectivity index (χ4n) is 2.94. The van der Waals surface area contributed by atoms with Crippen LogP contribution >= 0.6 is 15.9 Å². The molecule has 1 heterocycles. The van der Waals surface area contributed by atoms with Gasteiger partial charge < -0.3 is 19.7 Å². The molecule has 3 rings (SSSR count). The van der Waals surface area contributed by atoms with Crippen LogP contribution in [0.15, 0.2) is 57.8 Å². The first kappa shape index (κ1) is 22.6. The van der Waals surface area contributed by atoms with E-state index in [1.165, 1.54) is 23.7 Å². The largest absolute Gasteiger partial charge is 0.487 e. The number of benzene rings is 2. The maximum absolute atomic E-state index is 13.8. The second-order valence-electron chi connectivity index (χ2n) is 6.66. The predicted molar refractivity (Wildman–Crippen MR) is 114 cm³/mol. The number of hydrogen-bond donors (Lipinski definition) is 2.